The molecule has 3 rings (SSSR count). The van der Waals surface area contributed by atoms with Crippen LogP contribution in [0.1, 0.15) is 27.0 Å². The van der Waals surface area contributed by atoms with E-state index in [1.54, 1.807) is 6.92 Å². The summed E-state index contributed by atoms with van der Waals surface area (Å²) in [6, 6.07) is 11.8. The zero-order valence-corrected chi connectivity index (χ0v) is 14.1. The number of fused-ring (bicyclic) bond motifs is 1. The van der Waals surface area contributed by atoms with Crippen LogP contribution < -0.4 is 5.32 Å². The molecule has 3 nitrogen and oxygen atoms in total. The Morgan fingerprint density at radius 1 is 1.27 bits per heavy atom. The molecule has 1 amide bonds. The van der Waals surface area contributed by atoms with Gasteiger partial charge in [-0.2, -0.15) is 0 Å². The maximum atomic E-state index is 12.4. The van der Waals surface area contributed by atoms with Crippen molar-refractivity contribution >= 4 is 38.7 Å². The minimum Gasteiger partial charge on any atom is -0.383 e. The molecule has 2 N–H and O–H groups in total. The number of hydrogen-bond acceptors (Lipinski definition) is 4. The monoisotopic (exact) mass is 331 g/mol. The van der Waals surface area contributed by atoms with Crippen molar-refractivity contribution in [3.63, 3.8) is 0 Å². The standard InChI is InChI=1S/C17H17NO2S2/c1-11-12-6-3-4-7-13(12)22-15(11)16(19)18-10-17(2,20)14-8-5-9-21-14/h3-9,20H,10H2,1-2H3,(H,18,19). The van der Waals surface area contributed by atoms with Crippen LogP contribution in [0.25, 0.3) is 10.1 Å². The first-order chi connectivity index (χ1) is 10.5. The molecule has 2 aromatic heterocycles. The topological polar surface area (TPSA) is 49.3 Å². The summed E-state index contributed by atoms with van der Waals surface area (Å²) in [4.78, 5) is 14.0. The summed E-state index contributed by atoms with van der Waals surface area (Å²) in [5.41, 5.74) is -0.0529. The molecule has 1 atom stereocenters. The average molecular weight is 331 g/mol. The van der Waals surface area contributed by atoms with Gasteiger partial charge < -0.3 is 10.4 Å². The van der Waals surface area contributed by atoms with Crippen LogP contribution in [0.2, 0.25) is 0 Å². The molecule has 1 unspecified atom stereocenters. The summed E-state index contributed by atoms with van der Waals surface area (Å²) in [5.74, 6) is -0.129. The minimum atomic E-state index is -1.05. The van der Waals surface area contributed by atoms with Crippen LogP contribution in [0.5, 0.6) is 0 Å². The van der Waals surface area contributed by atoms with Gasteiger partial charge in [0, 0.05) is 9.58 Å². The molecule has 5 heteroatoms. The van der Waals surface area contributed by atoms with Crippen LogP contribution in [0.4, 0.5) is 0 Å². The normalized spacial score (nSPS) is 14.0. The predicted molar refractivity (Wildman–Crippen MR) is 92.8 cm³/mol. The minimum absolute atomic E-state index is 0.129. The van der Waals surface area contributed by atoms with Gasteiger partial charge in [0.05, 0.1) is 11.4 Å². The summed E-state index contributed by atoms with van der Waals surface area (Å²) in [5, 5.41) is 16.4. The van der Waals surface area contributed by atoms with E-state index in [2.05, 4.69) is 5.32 Å². The lowest BCUT2D eigenvalue weighted by Gasteiger charge is -2.22. The lowest BCUT2D eigenvalue weighted by atomic mass is 10.1. The molecule has 114 valence electrons. The van der Waals surface area contributed by atoms with Gasteiger partial charge in [-0.25, -0.2) is 0 Å². The molecule has 0 bridgehead atoms. The van der Waals surface area contributed by atoms with Crippen LogP contribution >= 0.6 is 22.7 Å². The van der Waals surface area contributed by atoms with Crippen molar-refractivity contribution < 1.29 is 9.90 Å². The molecule has 0 aliphatic rings. The maximum absolute atomic E-state index is 12.4. The first-order valence-electron chi connectivity index (χ1n) is 7.02. The largest absolute Gasteiger partial charge is 0.383 e. The number of carbonyl (C=O) groups is 1. The van der Waals surface area contributed by atoms with E-state index in [0.717, 1.165) is 20.5 Å². The first kappa shape index (κ1) is 15.2. The van der Waals surface area contributed by atoms with E-state index in [4.69, 9.17) is 0 Å². The number of hydrogen-bond donors (Lipinski definition) is 2. The van der Waals surface area contributed by atoms with Gasteiger partial charge in [-0.3, -0.25) is 4.79 Å². The lowest BCUT2D eigenvalue weighted by molar-refractivity contribution is 0.0558. The maximum Gasteiger partial charge on any atom is 0.261 e. The zero-order chi connectivity index (χ0) is 15.7. The summed E-state index contributed by atoms with van der Waals surface area (Å²) in [7, 11) is 0. The molecular weight excluding hydrogens is 314 g/mol. The van der Waals surface area contributed by atoms with Crippen molar-refractivity contribution in [1.29, 1.82) is 0 Å². The Morgan fingerprint density at radius 2 is 2.05 bits per heavy atom. The fraction of sp³-hybridized carbons (Fsp3) is 0.235. The van der Waals surface area contributed by atoms with E-state index in [1.807, 2.05) is 48.7 Å². The smallest absolute Gasteiger partial charge is 0.261 e. The van der Waals surface area contributed by atoms with Crippen molar-refractivity contribution in [1.82, 2.24) is 5.32 Å². The summed E-state index contributed by atoms with van der Waals surface area (Å²) >= 11 is 2.97. The van der Waals surface area contributed by atoms with Crippen molar-refractivity contribution in [2.75, 3.05) is 6.54 Å². The zero-order valence-electron chi connectivity index (χ0n) is 12.4. The van der Waals surface area contributed by atoms with Gasteiger partial charge in [-0.15, -0.1) is 22.7 Å². The average Bonchev–Trinajstić information content (AvgIpc) is 3.14. The molecule has 0 aliphatic heterocycles. The van der Waals surface area contributed by atoms with Crippen molar-refractivity contribution in [2.24, 2.45) is 0 Å². The van der Waals surface area contributed by atoms with Crippen LogP contribution in [0.15, 0.2) is 41.8 Å². The number of aryl methyl sites for hydroxylation is 1. The summed E-state index contributed by atoms with van der Waals surface area (Å²) in [6.45, 7) is 3.88. The van der Waals surface area contributed by atoms with Gasteiger partial charge in [-0.05, 0) is 42.3 Å². The van der Waals surface area contributed by atoms with E-state index >= 15 is 0 Å². The lowest BCUT2D eigenvalue weighted by Crippen LogP contribution is -2.38. The molecule has 3 aromatic rings. The molecule has 22 heavy (non-hydrogen) atoms. The third-order valence-corrected chi connectivity index (χ3v) is 6.09. The van der Waals surface area contributed by atoms with Crippen molar-refractivity contribution in [3.05, 3.63) is 57.1 Å². The highest BCUT2D eigenvalue weighted by Crippen LogP contribution is 2.31. The molecule has 0 radical (unpaired) electrons. The van der Waals surface area contributed by atoms with Crippen molar-refractivity contribution in [2.45, 2.75) is 19.4 Å². The molecule has 0 fully saturated rings. The molecule has 1 aromatic carbocycles. The van der Waals surface area contributed by atoms with E-state index in [0.29, 0.717) is 4.88 Å². The van der Waals surface area contributed by atoms with E-state index < -0.39 is 5.60 Å². The van der Waals surface area contributed by atoms with Crippen LogP contribution in [0, 0.1) is 6.92 Å². The molecule has 2 heterocycles. The Balaban J connectivity index is 1.78. The number of thiophene rings is 2. The van der Waals surface area contributed by atoms with E-state index in [1.165, 1.54) is 22.7 Å². The van der Waals surface area contributed by atoms with Gasteiger partial charge in [0.1, 0.15) is 5.60 Å². The van der Waals surface area contributed by atoms with Gasteiger partial charge in [0.25, 0.3) is 5.91 Å². The quantitative estimate of drug-likeness (QED) is 0.761. The number of carbonyl (C=O) groups excluding carboxylic acids is 1. The van der Waals surface area contributed by atoms with Gasteiger partial charge in [0.2, 0.25) is 0 Å². The number of benzene rings is 1. The molecule has 0 spiro atoms. The second-order valence-electron chi connectivity index (χ2n) is 5.49. The van der Waals surface area contributed by atoms with Crippen molar-refractivity contribution in [3.8, 4) is 0 Å². The van der Waals surface area contributed by atoms with Crippen LogP contribution in [-0.4, -0.2) is 17.6 Å². The number of rotatable bonds is 4. The Morgan fingerprint density at radius 3 is 2.73 bits per heavy atom. The molecule has 0 aliphatic carbocycles. The number of nitrogens with one attached hydrogen (secondary N) is 1. The molecule has 0 saturated heterocycles. The third kappa shape index (κ3) is 2.79. The van der Waals surface area contributed by atoms with E-state index in [-0.39, 0.29) is 12.5 Å². The van der Waals surface area contributed by atoms with Crippen LogP contribution in [-0.2, 0) is 5.60 Å². The highest BCUT2D eigenvalue weighted by atomic mass is 32.1. The number of aliphatic hydroxyl groups is 1. The Hall–Kier alpha value is -1.69. The molecular formula is C17H17NO2S2. The van der Waals surface area contributed by atoms with Gasteiger partial charge >= 0.3 is 0 Å². The Kier molecular flexibility index (Phi) is 4.04. The summed E-state index contributed by atoms with van der Waals surface area (Å²) < 4.78 is 1.11. The first-order valence-corrected chi connectivity index (χ1v) is 8.71. The second-order valence-corrected chi connectivity index (χ2v) is 7.49. The summed E-state index contributed by atoms with van der Waals surface area (Å²) in [6.07, 6.45) is 0. The Bertz CT molecular complexity index is 803. The molecule has 0 saturated carbocycles. The van der Waals surface area contributed by atoms with Gasteiger partial charge in [0.15, 0.2) is 0 Å². The highest BCUT2D eigenvalue weighted by molar-refractivity contribution is 7.21. The highest BCUT2D eigenvalue weighted by Gasteiger charge is 2.26. The fourth-order valence-corrected chi connectivity index (χ4v) is 4.31. The second kappa shape index (κ2) is 5.83. The SMILES string of the molecule is Cc1c(C(=O)NCC(C)(O)c2cccs2)sc2ccccc12. The van der Waals surface area contributed by atoms with Crippen LogP contribution in [0.3, 0.4) is 0 Å². The van der Waals surface area contributed by atoms with Gasteiger partial charge in [-0.1, -0.05) is 24.3 Å². The fourth-order valence-electron chi connectivity index (χ4n) is 2.40. The van der Waals surface area contributed by atoms with E-state index in [9.17, 15) is 9.90 Å². The predicted octanol–water partition coefficient (Wildman–Crippen LogP) is 3.91. The number of amides is 1. The third-order valence-electron chi connectivity index (χ3n) is 3.70. The Labute approximate surface area is 137 Å².